The number of nitrogens with two attached hydrogens (primary N) is 1. The lowest BCUT2D eigenvalue weighted by molar-refractivity contribution is -0.0395. The van der Waals surface area contributed by atoms with Crippen LogP contribution in [-0.4, -0.2) is 39.6 Å². The third kappa shape index (κ3) is 3.91. The summed E-state index contributed by atoms with van der Waals surface area (Å²) in [4.78, 5) is 21.7. The molecule has 3 N–H and O–H groups in total. The SMILES string of the molecule is C=Cc1c(-c2ncn(C3CCCCO3)n2)sc(-c2ccnc(NC(=O)OC)c2)c1N. The number of methoxy groups -OCH3 is 1. The molecule has 10 heteroatoms. The lowest BCUT2D eigenvalue weighted by Gasteiger charge is -2.21. The van der Waals surface area contributed by atoms with E-state index in [0.29, 0.717) is 17.3 Å². The third-order valence-electron chi connectivity index (χ3n) is 4.79. The average Bonchev–Trinajstić information content (AvgIpc) is 3.39. The van der Waals surface area contributed by atoms with Crippen LogP contribution in [0.15, 0.2) is 31.2 Å². The second-order valence-electron chi connectivity index (χ2n) is 6.71. The Morgan fingerprint density at radius 3 is 3.03 bits per heavy atom. The first-order valence-electron chi connectivity index (χ1n) is 9.50. The van der Waals surface area contributed by atoms with Gasteiger partial charge < -0.3 is 15.2 Å². The van der Waals surface area contributed by atoms with Gasteiger partial charge in [0.15, 0.2) is 12.1 Å². The van der Waals surface area contributed by atoms with Crippen molar-refractivity contribution in [2.45, 2.75) is 25.5 Å². The summed E-state index contributed by atoms with van der Waals surface area (Å²) in [7, 11) is 1.30. The summed E-state index contributed by atoms with van der Waals surface area (Å²) in [6.45, 7) is 4.64. The summed E-state index contributed by atoms with van der Waals surface area (Å²) in [6.07, 6.45) is 7.42. The maximum Gasteiger partial charge on any atom is 0.412 e. The van der Waals surface area contributed by atoms with Gasteiger partial charge in [-0.15, -0.1) is 16.4 Å². The number of hydrogen-bond acceptors (Lipinski definition) is 8. The summed E-state index contributed by atoms with van der Waals surface area (Å²) >= 11 is 1.46. The van der Waals surface area contributed by atoms with Gasteiger partial charge in [-0.25, -0.2) is 19.4 Å². The number of anilines is 2. The molecule has 9 nitrogen and oxygen atoms in total. The molecule has 0 aliphatic carbocycles. The molecule has 4 heterocycles. The first kappa shape index (κ1) is 20.0. The lowest BCUT2D eigenvalue weighted by atomic mass is 10.1. The number of rotatable bonds is 5. The zero-order valence-electron chi connectivity index (χ0n) is 16.5. The van der Waals surface area contributed by atoms with Crippen molar-refractivity contribution < 1.29 is 14.3 Å². The maximum atomic E-state index is 11.5. The van der Waals surface area contributed by atoms with Crippen molar-refractivity contribution in [3.05, 3.63) is 36.8 Å². The fraction of sp³-hybridized carbons (Fsp3) is 0.300. The highest BCUT2D eigenvalue weighted by molar-refractivity contribution is 7.19. The van der Waals surface area contributed by atoms with Gasteiger partial charge in [0.2, 0.25) is 0 Å². The smallest absolute Gasteiger partial charge is 0.412 e. The van der Waals surface area contributed by atoms with Crippen LogP contribution < -0.4 is 11.1 Å². The minimum Gasteiger partial charge on any atom is -0.453 e. The summed E-state index contributed by atoms with van der Waals surface area (Å²) in [5.41, 5.74) is 8.59. The predicted octanol–water partition coefficient (Wildman–Crippen LogP) is 4.17. The summed E-state index contributed by atoms with van der Waals surface area (Å²) in [5, 5.41) is 7.19. The molecule has 0 spiro atoms. The molecule has 1 atom stereocenters. The fourth-order valence-corrected chi connectivity index (χ4v) is 4.44. The Labute approximate surface area is 177 Å². The number of amides is 1. The van der Waals surface area contributed by atoms with Crippen LogP contribution in [-0.2, 0) is 9.47 Å². The van der Waals surface area contributed by atoms with E-state index in [0.717, 1.165) is 46.8 Å². The second kappa shape index (κ2) is 8.64. The van der Waals surface area contributed by atoms with Crippen LogP contribution >= 0.6 is 11.3 Å². The van der Waals surface area contributed by atoms with E-state index in [1.54, 1.807) is 29.3 Å². The summed E-state index contributed by atoms with van der Waals surface area (Å²) < 4.78 is 12.2. The van der Waals surface area contributed by atoms with Gasteiger partial charge in [0.05, 0.1) is 22.6 Å². The van der Waals surface area contributed by atoms with Crippen molar-refractivity contribution in [2.24, 2.45) is 0 Å². The fourth-order valence-electron chi connectivity index (χ4n) is 3.29. The van der Waals surface area contributed by atoms with Crippen molar-refractivity contribution >= 4 is 35.0 Å². The van der Waals surface area contributed by atoms with E-state index in [2.05, 4.69) is 31.7 Å². The van der Waals surface area contributed by atoms with Crippen LogP contribution in [0.2, 0.25) is 0 Å². The highest BCUT2D eigenvalue weighted by Crippen LogP contribution is 2.44. The number of carbonyl (C=O) groups is 1. The highest BCUT2D eigenvalue weighted by atomic mass is 32.1. The second-order valence-corrected chi connectivity index (χ2v) is 7.73. The lowest BCUT2D eigenvalue weighted by Crippen LogP contribution is -2.18. The number of nitrogens with one attached hydrogen (secondary N) is 1. The molecule has 0 saturated carbocycles. The molecule has 30 heavy (non-hydrogen) atoms. The van der Waals surface area contributed by atoms with E-state index in [4.69, 9.17) is 10.5 Å². The summed E-state index contributed by atoms with van der Waals surface area (Å²) in [5.74, 6) is 0.940. The number of nitrogen functional groups attached to an aromatic ring is 1. The monoisotopic (exact) mass is 426 g/mol. The predicted molar refractivity (Wildman–Crippen MR) is 116 cm³/mol. The number of ether oxygens (including phenoxy) is 2. The van der Waals surface area contributed by atoms with Crippen LogP contribution in [0, 0.1) is 0 Å². The Hall–Kier alpha value is -3.24. The summed E-state index contributed by atoms with van der Waals surface area (Å²) in [6, 6.07) is 3.56. The largest absolute Gasteiger partial charge is 0.453 e. The molecule has 4 rings (SSSR count). The average molecular weight is 427 g/mol. The molecular weight excluding hydrogens is 404 g/mol. The van der Waals surface area contributed by atoms with Crippen LogP contribution in [0.4, 0.5) is 16.3 Å². The van der Waals surface area contributed by atoms with E-state index in [1.165, 1.54) is 18.4 Å². The first-order chi connectivity index (χ1) is 14.6. The van der Waals surface area contributed by atoms with E-state index in [9.17, 15) is 4.79 Å². The topological polar surface area (TPSA) is 117 Å². The molecule has 1 unspecified atom stereocenters. The molecule has 3 aromatic rings. The minimum absolute atomic E-state index is 0.0869. The molecule has 0 radical (unpaired) electrons. The van der Waals surface area contributed by atoms with Crippen LogP contribution in [0.5, 0.6) is 0 Å². The van der Waals surface area contributed by atoms with Crippen molar-refractivity contribution in [2.75, 3.05) is 24.8 Å². The quantitative estimate of drug-likeness (QED) is 0.629. The van der Waals surface area contributed by atoms with Crippen molar-refractivity contribution in [1.82, 2.24) is 19.7 Å². The molecule has 1 fully saturated rings. The molecule has 0 aromatic carbocycles. The Kier molecular flexibility index (Phi) is 5.77. The Morgan fingerprint density at radius 1 is 1.43 bits per heavy atom. The Morgan fingerprint density at radius 2 is 2.30 bits per heavy atom. The molecular formula is C20H22N6O3S. The van der Waals surface area contributed by atoms with E-state index < -0.39 is 6.09 Å². The minimum atomic E-state index is -0.592. The van der Waals surface area contributed by atoms with E-state index >= 15 is 0 Å². The number of pyridine rings is 1. The Balaban J connectivity index is 1.68. The standard InChI is InChI=1S/C20H22N6O3S/c1-3-13-16(21)17(12-7-8-22-14(10-12)24-20(27)28-2)30-18(13)19-23-11-26(25-19)15-6-4-5-9-29-15/h3,7-8,10-11,15H,1,4-6,9,21H2,2H3,(H,22,24,27). The number of hydrogen-bond donors (Lipinski definition) is 2. The number of thiophene rings is 1. The van der Waals surface area contributed by atoms with Crippen molar-refractivity contribution in [1.29, 1.82) is 0 Å². The number of carbonyl (C=O) groups excluding carboxylic acids is 1. The number of aromatic nitrogens is 4. The van der Waals surface area contributed by atoms with Gasteiger partial charge in [0.25, 0.3) is 0 Å². The molecule has 0 bridgehead atoms. The molecule has 1 aliphatic rings. The van der Waals surface area contributed by atoms with Gasteiger partial charge in [0.1, 0.15) is 12.1 Å². The molecule has 1 aliphatic heterocycles. The zero-order chi connectivity index (χ0) is 21.1. The third-order valence-corrected chi connectivity index (χ3v) is 6.05. The van der Waals surface area contributed by atoms with Gasteiger partial charge in [-0.3, -0.25) is 5.32 Å². The maximum absolute atomic E-state index is 11.5. The van der Waals surface area contributed by atoms with Gasteiger partial charge in [-0.1, -0.05) is 12.7 Å². The van der Waals surface area contributed by atoms with Gasteiger partial charge >= 0.3 is 6.09 Å². The van der Waals surface area contributed by atoms with Gasteiger partial charge in [0, 0.05) is 18.4 Å². The van der Waals surface area contributed by atoms with Crippen molar-refractivity contribution in [3.8, 4) is 21.1 Å². The van der Waals surface area contributed by atoms with Crippen LogP contribution in [0.3, 0.4) is 0 Å². The van der Waals surface area contributed by atoms with E-state index in [1.807, 2.05) is 6.07 Å². The van der Waals surface area contributed by atoms with Crippen molar-refractivity contribution in [3.63, 3.8) is 0 Å². The zero-order valence-corrected chi connectivity index (χ0v) is 17.3. The van der Waals surface area contributed by atoms with Gasteiger partial charge in [-0.05, 0) is 37.0 Å². The number of nitrogens with zero attached hydrogens (tertiary/aromatic N) is 4. The van der Waals surface area contributed by atoms with Crippen LogP contribution in [0.25, 0.3) is 27.2 Å². The van der Waals surface area contributed by atoms with E-state index in [-0.39, 0.29) is 6.23 Å². The molecule has 1 saturated heterocycles. The first-order valence-corrected chi connectivity index (χ1v) is 10.3. The highest BCUT2D eigenvalue weighted by Gasteiger charge is 2.22. The van der Waals surface area contributed by atoms with Crippen LogP contribution in [0.1, 0.15) is 31.1 Å². The van der Waals surface area contributed by atoms with Gasteiger partial charge in [-0.2, -0.15) is 0 Å². The Bertz CT molecular complexity index is 1070. The normalized spacial score (nSPS) is 16.2. The molecule has 1 amide bonds. The molecule has 3 aromatic heterocycles. The molecule has 156 valence electrons.